The van der Waals surface area contributed by atoms with Crippen LogP contribution in [-0.4, -0.2) is 36.5 Å². The number of benzene rings is 2. The lowest BCUT2D eigenvalue weighted by molar-refractivity contribution is -0.291. The molecular formula is C25H14Cl2F6N6O. The molecule has 1 N–H and O–H groups in total. The maximum absolute atomic E-state index is 14.6. The van der Waals surface area contributed by atoms with Crippen molar-refractivity contribution in [1.29, 1.82) is 0 Å². The van der Waals surface area contributed by atoms with Gasteiger partial charge in [0, 0.05) is 22.8 Å². The zero-order valence-electron chi connectivity index (χ0n) is 19.7. The van der Waals surface area contributed by atoms with Crippen LogP contribution in [0, 0.1) is 5.82 Å². The summed E-state index contributed by atoms with van der Waals surface area (Å²) in [5.74, 6) is -7.11. The predicted octanol–water partition coefficient (Wildman–Crippen LogP) is 6.99. The van der Waals surface area contributed by atoms with Crippen LogP contribution in [0.4, 0.5) is 32.2 Å². The maximum atomic E-state index is 14.6. The number of nitrogens with zero attached hydrogens (tertiary/aromatic N) is 5. The van der Waals surface area contributed by atoms with E-state index < -0.39 is 40.9 Å². The van der Waals surface area contributed by atoms with Gasteiger partial charge in [-0.25, -0.2) is 13.9 Å². The monoisotopic (exact) mass is 598 g/mol. The SMILES string of the molecule is O=C(Nc1nn(Cc2ccc(Cl)cc2)cc1Cl)c1cc2nc(-c3ccc(F)cc3)cc(C(F)(F)C(F)(F)F)n2n1. The Balaban J connectivity index is 1.49. The molecule has 3 aromatic heterocycles. The molecule has 0 radical (unpaired) electrons. The van der Waals surface area contributed by atoms with Crippen LogP contribution in [0.1, 0.15) is 21.7 Å². The van der Waals surface area contributed by atoms with E-state index in [1.807, 2.05) is 0 Å². The first-order valence-electron chi connectivity index (χ1n) is 11.2. The van der Waals surface area contributed by atoms with Gasteiger partial charge in [0.2, 0.25) is 0 Å². The summed E-state index contributed by atoms with van der Waals surface area (Å²) in [5, 5.41) is 10.8. The summed E-state index contributed by atoms with van der Waals surface area (Å²) in [6.45, 7) is 0.271. The standard InChI is InChI=1S/C25H14Cl2F6N6O/c26-15-5-1-13(2-6-15)11-38-12-17(27)22(37-38)35-23(40)19-10-21-34-18(14-3-7-16(28)8-4-14)9-20(39(21)36-19)24(29,30)25(31,32)33/h1-10,12H,11H2,(H,35,37,40). The number of fused-ring (bicyclic) bond motifs is 1. The van der Waals surface area contributed by atoms with Crippen LogP contribution in [0.3, 0.4) is 0 Å². The second-order valence-electron chi connectivity index (χ2n) is 8.51. The molecule has 0 unspecified atom stereocenters. The second-order valence-corrected chi connectivity index (χ2v) is 9.35. The fraction of sp³-hybridized carbons (Fsp3) is 0.120. The molecule has 7 nitrogen and oxygen atoms in total. The van der Waals surface area contributed by atoms with E-state index in [0.717, 1.165) is 35.9 Å². The Bertz CT molecular complexity index is 1720. The van der Waals surface area contributed by atoms with Gasteiger partial charge in [0.05, 0.1) is 12.2 Å². The number of halogens is 8. The number of alkyl halides is 5. The maximum Gasteiger partial charge on any atom is 0.459 e. The van der Waals surface area contributed by atoms with Crippen molar-refractivity contribution >= 4 is 40.6 Å². The van der Waals surface area contributed by atoms with Crippen LogP contribution < -0.4 is 5.32 Å². The fourth-order valence-electron chi connectivity index (χ4n) is 3.73. The summed E-state index contributed by atoms with van der Waals surface area (Å²) in [6, 6.07) is 12.6. The number of anilines is 1. The van der Waals surface area contributed by atoms with Gasteiger partial charge in [0.15, 0.2) is 17.2 Å². The number of aromatic nitrogens is 5. The number of carbonyl (C=O) groups excluding carboxylic acids is 1. The van der Waals surface area contributed by atoms with Crippen LogP contribution in [0.15, 0.2) is 66.9 Å². The van der Waals surface area contributed by atoms with Crippen molar-refractivity contribution in [2.24, 2.45) is 0 Å². The van der Waals surface area contributed by atoms with Crippen molar-refractivity contribution < 1.29 is 31.1 Å². The van der Waals surface area contributed by atoms with E-state index >= 15 is 0 Å². The molecule has 0 fully saturated rings. The Hall–Kier alpha value is -4.10. The molecule has 40 heavy (non-hydrogen) atoms. The predicted molar refractivity (Wildman–Crippen MR) is 134 cm³/mol. The normalized spacial score (nSPS) is 12.2. The molecule has 0 saturated heterocycles. The minimum atomic E-state index is -5.99. The van der Waals surface area contributed by atoms with Crippen LogP contribution in [0.25, 0.3) is 16.9 Å². The molecule has 5 rings (SSSR count). The van der Waals surface area contributed by atoms with Gasteiger partial charge in [-0.15, -0.1) is 0 Å². The van der Waals surface area contributed by atoms with Gasteiger partial charge in [-0.2, -0.15) is 32.1 Å². The lowest BCUT2D eigenvalue weighted by atomic mass is 10.1. The van der Waals surface area contributed by atoms with Gasteiger partial charge >= 0.3 is 12.1 Å². The summed E-state index contributed by atoms with van der Waals surface area (Å²) >= 11 is 12.1. The zero-order chi connectivity index (χ0) is 28.8. The summed E-state index contributed by atoms with van der Waals surface area (Å²) in [5.41, 5.74) is -2.04. The molecule has 0 aliphatic rings. The Morgan fingerprint density at radius 3 is 2.25 bits per heavy atom. The van der Waals surface area contributed by atoms with Gasteiger partial charge in [-0.05, 0) is 48.0 Å². The molecule has 2 aromatic carbocycles. The molecule has 0 aliphatic carbocycles. The molecule has 1 amide bonds. The number of rotatable bonds is 6. The van der Waals surface area contributed by atoms with E-state index in [1.165, 1.54) is 10.9 Å². The van der Waals surface area contributed by atoms with E-state index in [-0.39, 0.29) is 33.2 Å². The number of carbonyl (C=O) groups is 1. The average molecular weight is 599 g/mol. The van der Waals surface area contributed by atoms with Crippen LogP contribution in [0.5, 0.6) is 0 Å². The second kappa shape index (κ2) is 10.1. The molecule has 0 atom stereocenters. The van der Waals surface area contributed by atoms with Crippen molar-refractivity contribution in [1.82, 2.24) is 24.4 Å². The minimum absolute atomic E-state index is 0.0343. The van der Waals surface area contributed by atoms with Crippen molar-refractivity contribution in [3.05, 3.63) is 99.7 Å². The van der Waals surface area contributed by atoms with Gasteiger partial charge in [0.1, 0.15) is 16.5 Å². The first kappa shape index (κ1) is 27.5. The molecule has 5 aromatic rings. The van der Waals surface area contributed by atoms with Gasteiger partial charge in [-0.1, -0.05) is 35.3 Å². The Morgan fingerprint density at radius 2 is 1.60 bits per heavy atom. The minimum Gasteiger partial charge on any atom is -0.302 e. The molecule has 0 saturated carbocycles. The topological polar surface area (TPSA) is 77.1 Å². The third-order valence-electron chi connectivity index (χ3n) is 5.68. The smallest absolute Gasteiger partial charge is 0.302 e. The average Bonchev–Trinajstić information content (AvgIpc) is 3.47. The van der Waals surface area contributed by atoms with E-state index in [9.17, 15) is 31.1 Å². The molecule has 15 heteroatoms. The number of nitrogens with one attached hydrogen (secondary N) is 1. The molecule has 206 valence electrons. The van der Waals surface area contributed by atoms with Crippen molar-refractivity contribution in [3.8, 4) is 11.3 Å². The number of hydrogen-bond acceptors (Lipinski definition) is 4. The Morgan fingerprint density at radius 1 is 0.925 bits per heavy atom. The van der Waals surface area contributed by atoms with E-state index in [2.05, 4.69) is 20.5 Å². The summed E-state index contributed by atoms with van der Waals surface area (Å²) < 4.78 is 84.1. The third-order valence-corrected chi connectivity index (χ3v) is 6.21. The Labute approximate surface area is 231 Å². The van der Waals surface area contributed by atoms with E-state index in [1.54, 1.807) is 24.3 Å². The van der Waals surface area contributed by atoms with Gasteiger partial charge < -0.3 is 5.32 Å². The van der Waals surface area contributed by atoms with Gasteiger partial charge in [-0.3, -0.25) is 9.48 Å². The molecular weight excluding hydrogens is 585 g/mol. The van der Waals surface area contributed by atoms with E-state index in [0.29, 0.717) is 11.1 Å². The van der Waals surface area contributed by atoms with Crippen molar-refractivity contribution in [3.63, 3.8) is 0 Å². The lowest BCUT2D eigenvalue weighted by Crippen LogP contribution is -2.36. The zero-order valence-corrected chi connectivity index (χ0v) is 21.2. The highest BCUT2D eigenvalue weighted by molar-refractivity contribution is 6.33. The molecule has 3 heterocycles. The first-order chi connectivity index (χ1) is 18.8. The molecule has 0 bridgehead atoms. The fourth-order valence-corrected chi connectivity index (χ4v) is 4.06. The summed E-state index contributed by atoms with van der Waals surface area (Å²) in [6.07, 6.45) is -4.56. The number of amides is 1. The first-order valence-corrected chi connectivity index (χ1v) is 12.0. The van der Waals surface area contributed by atoms with Crippen molar-refractivity contribution in [2.45, 2.75) is 18.6 Å². The highest BCUT2D eigenvalue weighted by atomic mass is 35.5. The highest BCUT2D eigenvalue weighted by Gasteiger charge is 2.60. The van der Waals surface area contributed by atoms with Gasteiger partial charge in [0.25, 0.3) is 5.91 Å². The molecule has 0 aliphatic heterocycles. The summed E-state index contributed by atoms with van der Waals surface area (Å²) in [4.78, 5) is 17.0. The molecule has 0 spiro atoms. The largest absolute Gasteiger partial charge is 0.459 e. The highest BCUT2D eigenvalue weighted by Crippen LogP contribution is 2.44. The van der Waals surface area contributed by atoms with E-state index in [4.69, 9.17) is 23.2 Å². The summed E-state index contributed by atoms with van der Waals surface area (Å²) in [7, 11) is 0. The van der Waals surface area contributed by atoms with Crippen LogP contribution >= 0.6 is 23.2 Å². The Kier molecular flexibility index (Phi) is 6.96. The third kappa shape index (κ3) is 5.34. The lowest BCUT2D eigenvalue weighted by Gasteiger charge is -2.21. The van der Waals surface area contributed by atoms with Crippen LogP contribution in [-0.2, 0) is 12.5 Å². The quantitative estimate of drug-likeness (QED) is 0.214. The van der Waals surface area contributed by atoms with Crippen molar-refractivity contribution in [2.75, 3.05) is 5.32 Å². The van der Waals surface area contributed by atoms with Crippen LogP contribution in [0.2, 0.25) is 10.0 Å². The number of hydrogen-bond donors (Lipinski definition) is 1.